The number of hydrogen-bond acceptors (Lipinski definition) is 4. The van der Waals surface area contributed by atoms with Crippen molar-refractivity contribution in [2.45, 2.75) is 31.1 Å². The molecule has 158 valence electrons. The van der Waals surface area contributed by atoms with Crippen molar-refractivity contribution in [2.24, 2.45) is 0 Å². The second-order valence-electron chi connectivity index (χ2n) is 8.13. The summed E-state index contributed by atoms with van der Waals surface area (Å²) in [4.78, 5) is 28.9. The van der Waals surface area contributed by atoms with Gasteiger partial charge in [-0.3, -0.25) is 4.79 Å². The summed E-state index contributed by atoms with van der Waals surface area (Å²) in [6.45, 7) is 3.35. The van der Waals surface area contributed by atoms with Gasteiger partial charge in [-0.05, 0) is 68.6 Å². The molecule has 0 radical (unpaired) electrons. The number of carboxylic acids is 1. The molecule has 0 atom stereocenters. The van der Waals surface area contributed by atoms with Gasteiger partial charge in [0.15, 0.2) is 6.61 Å². The number of nitrogens with zero attached hydrogens (tertiary/aromatic N) is 2. The number of benzene rings is 2. The molecule has 2 aromatic rings. The highest BCUT2D eigenvalue weighted by molar-refractivity contribution is 6.03. The second kappa shape index (κ2) is 8.88. The summed E-state index contributed by atoms with van der Waals surface area (Å²) in [5, 5.41) is 8.86. The summed E-state index contributed by atoms with van der Waals surface area (Å²) >= 11 is 0. The number of anilines is 1. The predicted octanol–water partition coefficient (Wildman–Crippen LogP) is 3.31. The molecular weight excluding hydrogens is 380 g/mol. The molecule has 1 saturated heterocycles. The van der Waals surface area contributed by atoms with Crippen LogP contribution < -0.4 is 9.64 Å². The van der Waals surface area contributed by atoms with Crippen molar-refractivity contribution in [3.8, 4) is 5.75 Å². The van der Waals surface area contributed by atoms with Crippen molar-refractivity contribution in [3.63, 3.8) is 0 Å². The number of carboxylic acid groups (broad SMARTS) is 1. The molecule has 6 heteroatoms. The molecule has 1 amide bonds. The molecule has 0 bridgehead atoms. The molecule has 0 spiro atoms. The van der Waals surface area contributed by atoms with Gasteiger partial charge >= 0.3 is 5.97 Å². The number of ether oxygens (including phenoxy) is 1. The summed E-state index contributed by atoms with van der Waals surface area (Å²) in [5.74, 6) is -0.421. The number of likely N-dealkylation sites (tertiary alicyclic amines) is 1. The maximum Gasteiger partial charge on any atom is 0.341 e. The van der Waals surface area contributed by atoms with E-state index >= 15 is 0 Å². The van der Waals surface area contributed by atoms with E-state index in [1.54, 1.807) is 6.07 Å². The second-order valence-corrected chi connectivity index (χ2v) is 8.13. The van der Waals surface area contributed by atoms with E-state index in [0.717, 1.165) is 43.7 Å². The molecule has 1 aliphatic carbocycles. The quantitative estimate of drug-likeness (QED) is 0.689. The van der Waals surface area contributed by atoms with Crippen molar-refractivity contribution >= 4 is 17.6 Å². The van der Waals surface area contributed by atoms with Gasteiger partial charge in [0.1, 0.15) is 5.75 Å². The Balaban J connectivity index is 1.55. The number of rotatable bonds is 9. The first kappa shape index (κ1) is 20.4. The van der Waals surface area contributed by atoms with E-state index < -0.39 is 18.0 Å². The maximum atomic E-state index is 13.8. The summed E-state index contributed by atoms with van der Waals surface area (Å²) < 4.78 is 5.34. The first-order valence-corrected chi connectivity index (χ1v) is 10.6. The van der Waals surface area contributed by atoms with Crippen LogP contribution in [0.5, 0.6) is 5.75 Å². The Morgan fingerprint density at radius 3 is 2.43 bits per heavy atom. The van der Waals surface area contributed by atoms with Crippen LogP contribution in [0.4, 0.5) is 5.69 Å². The number of carbonyl (C=O) groups is 2. The van der Waals surface area contributed by atoms with Gasteiger partial charge in [0.05, 0.1) is 5.41 Å². The highest BCUT2D eigenvalue weighted by Gasteiger charge is 2.53. The Morgan fingerprint density at radius 2 is 1.77 bits per heavy atom. The Kier molecular flexibility index (Phi) is 6.04. The molecule has 0 aromatic heterocycles. The van der Waals surface area contributed by atoms with Crippen LogP contribution in [0.15, 0.2) is 54.6 Å². The van der Waals surface area contributed by atoms with Gasteiger partial charge in [-0.25, -0.2) is 4.79 Å². The monoisotopic (exact) mass is 408 g/mol. The third kappa shape index (κ3) is 4.49. The van der Waals surface area contributed by atoms with Crippen LogP contribution in [0.1, 0.15) is 31.2 Å². The lowest BCUT2D eigenvalue weighted by Gasteiger charge is -2.29. The molecule has 1 aliphatic heterocycles. The molecule has 2 aliphatic rings. The van der Waals surface area contributed by atoms with E-state index in [2.05, 4.69) is 4.90 Å². The van der Waals surface area contributed by atoms with Crippen molar-refractivity contribution < 1.29 is 19.4 Å². The summed E-state index contributed by atoms with van der Waals surface area (Å²) in [7, 11) is 0. The maximum absolute atomic E-state index is 13.8. The minimum Gasteiger partial charge on any atom is -0.482 e. The van der Waals surface area contributed by atoms with E-state index in [9.17, 15) is 9.59 Å². The smallest absolute Gasteiger partial charge is 0.341 e. The minimum absolute atomic E-state index is 0.114. The molecule has 2 fully saturated rings. The number of hydrogen-bond donors (Lipinski definition) is 1. The molecule has 2 aromatic carbocycles. The zero-order chi connectivity index (χ0) is 21.0. The normalized spacial score (nSPS) is 17.5. The molecule has 0 unspecified atom stereocenters. The van der Waals surface area contributed by atoms with Crippen molar-refractivity contribution in [1.82, 2.24) is 4.90 Å². The van der Waals surface area contributed by atoms with Gasteiger partial charge < -0.3 is 19.6 Å². The summed E-state index contributed by atoms with van der Waals surface area (Å²) in [6.07, 6.45) is 4.04. The number of carbonyl (C=O) groups excluding carboxylic acids is 1. The number of amides is 1. The first-order valence-electron chi connectivity index (χ1n) is 10.6. The lowest BCUT2D eigenvalue weighted by atomic mass is 9.93. The average Bonchev–Trinajstić information content (AvgIpc) is 3.42. The summed E-state index contributed by atoms with van der Waals surface area (Å²) in [6, 6.07) is 17.2. The zero-order valence-corrected chi connectivity index (χ0v) is 17.1. The molecule has 30 heavy (non-hydrogen) atoms. The van der Waals surface area contributed by atoms with Crippen LogP contribution in [-0.4, -0.2) is 54.7 Å². The van der Waals surface area contributed by atoms with Crippen molar-refractivity contribution in [3.05, 3.63) is 60.2 Å². The van der Waals surface area contributed by atoms with Gasteiger partial charge in [0, 0.05) is 18.8 Å². The first-order chi connectivity index (χ1) is 14.6. The third-order valence-electron chi connectivity index (χ3n) is 6.06. The van der Waals surface area contributed by atoms with Crippen molar-refractivity contribution in [2.75, 3.05) is 37.7 Å². The van der Waals surface area contributed by atoms with Gasteiger partial charge in [-0.15, -0.1) is 0 Å². The average molecular weight is 408 g/mol. The molecule has 4 rings (SSSR count). The van der Waals surface area contributed by atoms with E-state index in [1.807, 2.05) is 53.4 Å². The van der Waals surface area contributed by atoms with Crippen LogP contribution in [-0.2, 0) is 15.0 Å². The van der Waals surface area contributed by atoms with Crippen LogP contribution in [0.2, 0.25) is 0 Å². The van der Waals surface area contributed by atoms with Crippen LogP contribution in [0.25, 0.3) is 0 Å². The largest absolute Gasteiger partial charge is 0.482 e. The minimum atomic E-state index is -1.02. The highest BCUT2D eigenvalue weighted by Crippen LogP contribution is 2.50. The molecule has 1 heterocycles. The molecule has 1 N–H and O–H groups in total. The summed E-state index contributed by atoms with van der Waals surface area (Å²) in [5.41, 5.74) is 1.27. The number of para-hydroxylation sites is 1. The van der Waals surface area contributed by atoms with E-state index in [0.29, 0.717) is 12.3 Å². The van der Waals surface area contributed by atoms with Gasteiger partial charge in [-0.1, -0.05) is 30.3 Å². The Morgan fingerprint density at radius 1 is 1.03 bits per heavy atom. The van der Waals surface area contributed by atoms with E-state index in [4.69, 9.17) is 9.84 Å². The Bertz CT molecular complexity index is 889. The van der Waals surface area contributed by atoms with Crippen molar-refractivity contribution in [1.29, 1.82) is 0 Å². The van der Waals surface area contributed by atoms with Crippen LogP contribution in [0, 0.1) is 0 Å². The fourth-order valence-electron chi connectivity index (χ4n) is 4.24. The zero-order valence-electron chi connectivity index (χ0n) is 17.1. The standard InChI is InChI=1S/C24H28N2O4/c27-22(28)18-30-21-10-6-7-19(17-21)24(11-12-24)23(29)26(20-8-2-1-3-9-20)16-15-25-13-4-5-14-25/h1-3,6-10,17H,4-5,11-16,18H2,(H,27,28). The molecular formula is C24H28N2O4. The SMILES string of the molecule is O=C(O)COc1cccc(C2(C(=O)N(CCN3CCCC3)c3ccccc3)CC2)c1. The van der Waals surface area contributed by atoms with Crippen LogP contribution in [0.3, 0.4) is 0 Å². The van der Waals surface area contributed by atoms with Gasteiger partial charge in [-0.2, -0.15) is 0 Å². The fourth-order valence-corrected chi connectivity index (χ4v) is 4.24. The topological polar surface area (TPSA) is 70.1 Å². The van der Waals surface area contributed by atoms with E-state index in [-0.39, 0.29) is 5.91 Å². The predicted molar refractivity (Wildman–Crippen MR) is 115 cm³/mol. The fraction of sp³-hybridized carbons (Fsp3) is 0.417. The van der Waals surface area contributed by atoms with Gasteiger partial charge in [0.2, 0.25) is 5.91 Å². The van der Waals surface area contributed by atoms with E-state index in [1.165, 1.54) is 12.8 Å². The lowest BCUT2D eigenvalue weighted by Crippen LogP contribution is -2.43. The van der Waals surface area contributed by atoms with Gasteiger partial charge in [0.25, 0.3) is 0 Å². The Hall–Kier alpha value is -2.86. The van der Waals surface area contributed by atoms with Crippen LogP contribution >= 0.6 is 0 Å². The molecule has 6 nitrogen and oxygen atoms in total. The molecule has 1 saturated carbocycles. The Labute approximate surface area is 177 Å². The lowest BCUT2D eigenvalue weighted by molar-refractivity contribution is -0.139. The highest BCUT2D eigenvalue weighted by atomic mass is 16.5. The third-order valence-corrected chi connectivity index (χ3v) is 6.06. The number of aliphatic carboxylic acids is 1.